The van der Waals surface area contributed by atoms with Crippen LogP contribution in [0, 0.1) is 11.3 Å². The molecular weight excluding hydrogens is 358 g/mol. The van der Waals surface area contributed by atoms with Gasteiger partial charge in [-0.25, -0.2) is 19.7 Å². The van der Waals surface area contributed by atoms with Crippen LogP contribution in [0.2, 0.25) is 0 Å². The van der Waals surface area contributed by atoms with Crippen LogP contribution in [0.4, 0.5) is 17.5 Å². The van der Waals surface area contributed by atoms with E-state index in [2.05, 4.69) is 25.6 Å². The maximum absolute atomic E-state index is 11.5. The Balaban J connectivity index is 1.70. The minimum absolute atomic E-state index is 0.0144. The number of nitriles is 1. The molecule has 0 saturated carbocycles. The number of nitrogen functional groups attached to an aromatic ring is 1. The van der Waals surface area contributed by atoms with E-state index < -0.39 is 5.97 Å². The molecule has 9 nitrogen and oxygen atoms in total. The third kappa shape index (κ3) is 4.50. The molecule has 2 heterocycles. The van der Waals surface area contributed by atoms with Gasteiger partial charge in [-0.05, 0) is 24.3 Å². The summed E-state index contributed by atoms with van der Waals surface area (Å²) in [5.74, 6) is -0.130. The third-order valence-corrected chi connectivity index (χ3v) is 3.81. The largest absolute Gasteiger partial charge is 0.478 e. The van der Waals surface area contributed by atoms with Crippen LogP contribution < -0.4 is 16.4 Å². The zero-order valence-electron chi connectivity index (χ0n) is 14.8. The Bertz CT molecular complexity index is 1010. The van der Waals surface area contributed by atoms with E-state index >= 15 is 0 Å². The number of nitrogens with two attached hydrogens (primary N) is 1. The van der Waals surface area contributed by atoms with E-state index in [0.717, 1.165) is 0 Å². The van der Waals surface area contributed by atoms with E-state index in [-0.39, 0.29) is 11.3 Å². The highest BCUT2D eigenvalue weighted by atomic mass is 16.4. The molecule has 0 bridgehead atoms. The molecule has 0 spiro atoms. The van der Waals surface area contributed by atoms with Gasteiger partial charge >= 0.3 is 5.97 Å². The van der Waals surface area contributed by atoms with Crippen molar-refractivity contribution >= 4 is 23.4 Å². The zero-order chi connectivity index (χ0) is 19.9. The second-order valence-electron chi connectivity index (χ2n) is 5.78. The van der Waals surface area contributed by atoms with Gasteiger partial charge in [0.15, 0.2) is 0 Å². The number of carboxylic acids is 1. The smallest absolute Gasteiger partial charge is 0.339 e. The van der Waals surface area contributed by atoms with Crippen molar-refractivity contribution < 1.29 is 9.90 Å². The van der Waals surface area contributed by atoms with Gasteiger partial charge in [-0.15, -0.1) is 0 Å². The first kappa shape index (κ1) is 18.6. The lowest BCUT2D eigenvalue weighted by Crippen LogP contribution is -2.16. The Morgan fingerprint density at radius 1 is 1.07 bits per heavy atom. The lowest BCUT2D eigenvalue weighted by Gasteiger charge is -2.10. The number of carboxylic acid groups (broad SMARTS) is 1. The van der Waals surface area contributed by atoms with E-state index in [1.54, 1.807) is 42.6 Å². The third-order valence-electron chi connectivity index (χ3n) is 3.81. The van der Waals surface area contributed by atoms with Crippen LogP contribution >= 0.6 is 0 Å². The van der Waals surface area contributed by atoms with Crippen molar-refractivity contribution in [3.8, 4) is 17.3 Å². The fraction of sp³-hybridized carbons (Fsp3) is 0.105. The lowest BCUT2D eigenvalue weighted by atomic mass is 10.1. The Kier molecular flexibility index (Phi) is 5.62. The molecule has 0 radical (unpaired) electrons. The topological polar surface area (TPSA) is 150 Å². The minimum atomic E-state index is -1.12. The van der Waals surface area contributed by atoms with E-state index in [0.29, 0.717) is 41.7 Å². The van der Waals surface area contributed by atoms with Gasteiger partial charge in [0.25, 0.3) is 0 Å². The molecule has 3 aromatic rings. The number of hydrogen-bond acceptors (Lipinski definition) is 8. The van der Waals surface area contributed by atoms with E-state index in [1.165, 1.54) is 6.20 Å². The molecule has 1 aromatic carbocycles. The monoisotopic (exact) mass is 375 g/mol. The first-order valence-electron chi connectivity index (χ1n) is 8.37. The number of nitrogens with zero attached hydrogens (tertiary/aromatic N) is 4. The molecule has 0 fully saturated rings. The van der Waals surface area contributed by atoms with E-state index in [4.69, 9.17) is 11.0 Å². The molecule has 0 aliphatic heterocycles. The summed E-state index contributed by atoms with van der Waals surface area (Å²) in [7, 11) is 0. The number of benzene rings is 1. The molecule has 0 atom stereocenters. The Labute approximate surface area is 160 Å². The second kappa shape index (κ2) is 8.46. The van der Waals surface area contributed by atoms with Crippen LogP contribution in [0.1, 0.15) is 15.9 Å². The molecule has 9 heteroatoms. The maximum atomic E-state index is 11.5. The van der Waals surface area contributed by atoms with Crippen LogP contribution in [-0.4, -0.2) is 39.1 Å². The van der Waals surface area contributed by atoms with Crippen molar-refractivity contribution in [2.75, 3.05) is 29.5 Å². The number of pyridine rings is 1. The van der Waals surface area contributed by atoms with Gasteiger partial charge in [0.2, 0.25) is 5.95 Å². The van der Waals surface area contributed by atoms with Gasteiger partial charge in [0, 0.05) is 24.8 Å². The highest BCUT2D eigenvalue weighted by Gasteiger charge is 2.15. The van der Waals surface area contributed by atoms with Crippen molar-refractivity contribution in [3.05, 3.63) is 59.9 Å². The van der Waals surface area contributed by atoms with Crippen molar-refractivity contribution in [3.63, 3.8) is 0 Å². The number of nitrogens with one attached hydrogen (secondary N) is 2. The van der Waals surface area contributed by atoms with E-state index in [9.17, 15) is 9.90 Å². The number of anilines is 3. The summed E-state index contributed by atoms with van der Waals surface area (Å²) in [4.78, 5) is 24.0. The lowest BCUT2D eigenvalue weighted by molar-refractivity contribution is 0.0697. The second-order valence-corrected chi connectivity index (χ2v) is 5.78. The molecule has 2 aromatic heterocycles. The van der Waals surface area contributed by atoms with Crippen LogP contribution in [-0.2, 0) is 0 Å². The van der Waals surface area contributed by atoms with Gasteiger partial charge in [0.05, 0.1) is 29.2 Å². The molecule has 5 N–H and O–H groups in total. The molecule has 0 unspecified atom stereocenters. The van der Waals surface area contributed by atoms with Crippen molar-refractivity contribution in [2.24, 2.45) is 0 Å². The molecule has 3 rings (SSSR count). The number of aromatic carboxylic acids is 1. The number of rotatable bonds is 7. The first-order valence-corrected chi connectivity index (χ1v) is 8.37. The van der Waals surface area contributed by atoms with Crippen LogP contribution in [0.5, 0.6) is 0 Å². The number of aromatic nitrogens is 3. The molecule has 0 aliphatic rings. The van der Waals surface area contributed by atoms with Gasteiger partial charge in [-0.2, -0.15) is 5.26 Å². The number of carbonyl (C=O) groups is 1. The molecule has 0 saturated heterocycles. The van der Waals surface area contributed by atoms with Crippen molar-refractivity contribution in [1.82, 2.24) is 15.0 Å². The normalized spacial score (nSPS) is 10.1. The van der Waals surface area contributed by atoms with Crippen LogP contribution in [0.3, 0.4) is 0 Å². The summed E-state index contributed by atoms with van der Waals surface area (Å²) in [6.07, 6.45) is 2.83. The Hall–Kier alpha value is -4.19. The van der Waals surface area contributed by atoms with Crippen molar-refractivity contribution in [1.29, 1.82) is 5.26 Å². The molecule has 28 heavy (non-hydrogen) atoms. The average Bonchev–Trinajstić information content (AvgIpc) is 2.72. The molecule has 0 aliphatic carbocycles. The Morgan fingerprint density at radius 2 is 1.82 bits per heavy atom. The fourth-order valence-corrected chi connectivity index (χ4v) is 2.42. The van der Waals surface area contributed by atoms with Gasteiger partial charge in [-0.1, -0.05) is 12.1 Å². The average molecular weight is 375 g/mol. The fourth-order valence-electron chi connectivity index (χ4n) is 2.42. The number of hydrogen-bond donors (Lipinski definition) is 4. The van der Waals surface area contributed by atoms with Gasteiger partial charge < -0.3 is 21.5 Å². The summed E-state index contributed by atoms with van der Waals surface area (Å²) in [5, 5.41) is 24.5. The summed E-state index contributed by atoms with van der Waals surface area (Å²) in [5.41, 5.74) is 7.52. The van der Waals surface area contributed by atoms with Crippen LogP contribution in [0.15, 0.2) is 48.8 Å². The highest BCUT2D eigenvalue weighted by Crippen LogP contribution is 2.23. The van der Waals surface area contributed by atoms with Crippen LogP contribution in [0.25, 0.3) is 11.3 Å². The summed E-state index contributed by atoms with van der Waals surface area (Å²) in [6.45, 7) is 1.04. The minimum Gasteiger partial charge on any atom is -0.478 e. The summed E-state index contributed by atoms with van der Waals surface area (Å²) < 4.78 is 0. The predicted octanol–water partition coefficient (Wildman–Crippen LogP) is 2.21. The summed E-state index contributed by atoms with van der Waals surface area (Å²) in [6, 6.07) is 12.1. The standard InChI is InChI=1S/C19H17N7O2/c20-9-12-1-3-13(4-2-12)17-15(18(27)28)11-25-19(26-17)23-8-7-22-16-6-5-14(21)10-24-16/h1-6,10-11H,7-8,21H2,(H,22,24)(H,27,28)(H,23,25,26). The molecular formula is C19H17N7O2. The summed E-state index contributed by atoms with van der Waals surface area (Å²) >= 11 is 0. The Morgan fingerprint density at radius 3 is 2.46 bits per heavy atom. The van der Waals surface area contributed by atoms with Gasteiger partial charge in [-0.3, -0.25) is 0 Å². The first-order chi connectivity index (χ1) is 13.6. The SMILES string of the molecule is N#Cc1ccc(-c2nc(NCCNc3ccc(N)cn3)ncc2C(=O)O)cc1. The van der Waals surface area contributed by atoms with Gasteiger partial charge in [0.1, 0.15) is 11.4 Å². The predicted molar refractivity (Wildman–Crippen MR) is 105 cm³/mol. The molecule has 140 valence electrons. The highest BCUT2D eigenvalue weighted by molar-refractivity contribution is 5.94. The zero-order valence-corrected chi connectivity index (χ0v) is 14.8. The van der Waals surface area contributed by atoms with Crippen molar-refractivity contribution in [2.45, 2.75) is 0 Å². The molecule has 0 amide bonds. The van der Waals surface area contributed by atoms with E-state index in [1.807, 2.05) is 6.07 Å². The quantitative estimate of drug-likeness (QED) is 0.456. The maximum Gasteiger partial charge on any atom is 0.339 e.